The van der Waals surface area contributed by atoms with Crippen molar-refractivity contribution in [2.24, 2.45) is 0 Å². The molecule has 0 bridgehead atoms. The number of nitrogen functional groups attached to an aromatic ring is 1. The van der Waals surface area contributed by atoms with Crippen molar-refractivity contribution in [1.29, 1.82) is 0 Å². The van der Waals surface area contributed by atoms with Gasteiger partial charge >= 0.3 is 5.97 Å². The third-order valence-corrected chi connectivity index (χ3v) is 1.96. The Hall–Kier alpha value is -1.71. The van der Waals surface area contributed by atoms with Crippen LogP contribution in [0.2, 0.25) is 0 Å². The van der Waals surface area contributed by atoms with Crippen molar-refractivity contribution in [2.45, 2.75) is 0 Å². The zero-order valence-corrected chi connectivity index (χ0v) is 8.57. The van der Waals surface area contributed by atoms with Crippen molar-refractivity contribution in [1.82, 2.24) is 0 Å². The minimum Gasteiger partial charge on any atom is -0.465 e. The Bertz CT molecular complexity index is 348. The molecule has 0 aliphatic carbocycles. The van der Waals surface area contributed by atoms with Crippen molar-refractivity contribution < 1.29 is 9.53 Å². The van der Waals surface area contributed by atoms with Gasteiger partial charge in [-0.2, -0.15) is 0 Å². The van der Waals surface area contributed by atoms with Gasteiger partial charge in [-0.3, -0.25) is 0 Å². The summed E-state index contributed by atoms with van der Waals surface area (Å²) in [6.07, 6.45) is 0. The van der Waals surface area contributed by atoms with E-state index >= 15 is 0 Å². The van der Waals surface area contributed by atoms with Crippen LogP contribution < -0.4 is 10.6 Å². The van der Waals surface area contributed by atoms with Crippen LogP contribution in [0.15, 0.2) is 18.2 Å². The van der Waals surface area contributed by atoms with Gasteiger partial charge in [0, 0.05) is 25.5 Å². The van der Waals surface area contributed by atoms with Crippen LogP contribution in [0.3, 0.4) is 0 Å². The van der Waals surface area contributed by atoms with E-state index in [1.807, 2.05) is 25.1 Å². The third-order valence-electron chi connectivity index (χ3n) is 1.96. The van der Waals surface area contributed by atoms with Gasteiger partial charge in [0.15, 0.2) is 0 Å². The van der Waals surface area contributed by atoms with Crippen molar-refractivity contribution in [3.63, 3.8) is 0 Å². The molecule has 4 nitrogen and oxygen atoms in total. The van der Waals surface area contributed by atoms with Gasteiger partial charge in [0.05, 0.1) is 12.7 Å². The number of rotatable bonds is 2. The molecule has 0 saturated carbocycles. The number of benzene rings is 1. The maximum atomic E-state index is 11.3. The molecule has 0 atom stereocenters. The highest BCUT2D eigenvalue weighted by Crippen LogP contribution is 2.20. The van der Waals surface area contributed by atoms with Crippen molar-refractivity contribution in [3.05, 3.63) is 23.8 Å². The molecule has 0 fully saturated rings. The molecule has 0 unspecified atom stereocenters. The largest absolute Gasteiger partial charge is 0.465 e. The van der Waals surface area contributed by atoms with Crippen LogP contribution in [0.4, 0.5) is 11.4 Å². The van der Waals surface area contributed by atoms with Gasteiger partial charge in [-0.15, -0.1) is 0 Å². The lowest BCUT2D eigenvalue weighted by molar-refractivity contribution is 0.0602. The normalized spacial score (nSPS) is 9.64. The van der Waals surface area contributed by atoms with E-state index < -0.39 is 5.97 Å². The zero-order valence-electron chi connectivity index (χ0n) is 8.57. The third kappa shape index (κ3) is 1.96. The SMILES string of the molecule is COC(=O)c1cc(N(C)C)ccc1N. The van der Waals surface area contributed by atoms with Gasteiger partial charge in [-0.1, -0.05) is 0 Å². The van der Waals surface area contributed by atoms with E-state index in [0.29, 0.717) is 11.3 Å². The smallest absolute Gasteiger partial charge is 0.340 e. The summed E-state index contributed by atoms with van der Waals surface area (Å²) in [6.45, 7) is 0. The molecule has 0 aliphatic heterocycles. The second kappa shape index (κ2) is 4.00. The number of nitrogens with zero attached hydrogens (tertiary/aromatic N) is 1. The first-order valence-corrected chi connectivity index (χ1v) is 4.21. The predicted molar refractivity (Wildman–Crippen MR) is 56.5 cm³/mol. The highest BCUT2D eigenvalue weighted by molar-refractivity contribution is 5.96. The van der Waals surface area contributed by atoms with E-state index in [-0.39, 0.29) is 0 Å². The minimum atomic E-state index is -0.411. The number of hydrogen-bond donors (Lipinski definition) is 1. The highest BCUT2D eigenvalue weighted by Gasteiger charge is 2.10. The molecule has 1 aromatic rings. The van der Waals surface area contributed by atoms with Gasteiger partial charge in [0.1, 0.15) is 0 Å². The summed E-state index contributed by atoms with van der Waals surface area (Å²) < 4.78 is 4.61. The molecule has 1 rings (SSSR count). The Morgan fingerprint density at radius 1 is 1.43 bits per heavy atom. The lowest BCUT2D eigenvalue weighted by Gasteiger charge is -2.14. The number of esters is 1. The van der Waals surface area contributed by atoms with Crippen LogP contribution in [0.25, 0.3) is 0 Å². The molecule has 4 heteroatoms. The van der Waals surface area contributed by atoms with Crippen LogP contribution in [0.5, 0.6) is 0 Å². The van der Waals surface area contributed by atoms with Crippen LogP contribution in [0.1, 0.15) is 10.4 Å². The van der Waals surface area contributed by atoms with Gasteiger partial charge < -0.3 is 15.4 Å². The highest BCUT2D eigenvalue weighted by atomic mass is 16.5. The number of ether oxygens (including phenoxy) is 1. The number of nitrogens with two attached hydrogens (primary N) is 1. The molecule has 0 aliphatic rings. The Morgan fingerprint density at radius 3 is 2.57 bits per heavy atom. The number of carbonyl (C=O) groups is 1. The number of methoxy groups -OCH3 is 1. The Kier molecular flexibility index (Phi) is 2.96. The van der Waals surface area contributed by atoms with Crippen LogP contribution in [0, 0.1) is 0 Å². The quantitative estimate of drug-likeness (QED) is 0.566. The second-order valence-corrected chi connectivity index (χ2v) is 3.16. The molecule has 1 aromatic carbocycles. The lowest BCUT2D eigenvalue weighted by Crippen LogP contribution is -2.11. The topological polar surface area (TPSA) is 55.6 Å². The summed E-state index contributed by atoms with van der Waals surface area (Å²) in [5.41, 5.74) is 7.40. The van der Waals surface area contributed by atoms with Crippen molar-refractivity contribution in [2.75, 3.05) is 31.8 Å². The first kappa shape index (κ1) is 10.4. The van der Waals surface area contributed by atoms with E-state index in [1.165, 1.54) is 7.11 Å². The zero-order chi connectivity index (χ0) is 10.7. The fourth-order valence-electron chi connectivity index (χ4n) is 1.11. The number of anilines is 2. The summed E-state index contributed by atoms with van der Waals surface area (Å²) in [5, 5.41) is 0. The first-order valence-electron chi connectivity index (χ1n) is 4.21. The van der Waals surface area contributed by atoms with Gasteiger partial charge in [-0.05, 0) is 18.2 Å². The molecule has 0 radical (unpaired) electrons. The molecule has 0 heterocycles. The molecular formula is C10H14N2O2. The Balaban J connectivity index is 3.15. The number of carbonyl (C=O) groups excluding carboxylic acids is 1. The van der Waals surface area contributed by atoms with Gasteiger partial charge in [0.25, 0.3) is 0 Å². The van der Waals surface area contributed by atoms with E-state index in [1.54, 1.807) is 12.1 Å². The fraction of sp³-hybridized carbons (Fsp3) is 0.300. The van der Waals surface area contributed by atoms with Gasteiger partial charge in [0.2, 0.25) is 0 Å². The van der Waals surface area contributed by atoms with E-state index in [4.69, 9.17) is 5.73 Å². The van der Waals surface area contributed by atoms with Crippen LogP contribution in [-0.4, -0.2) is 27.2 Å². The van der Waals surface area contributed by atoms with Crippen LogP contribution >= 0.6 is 0 Å². The maximum Gasteiger partial charge on any atom is 0.340 e. The van der Waals surface area contributed by atoms with E-state index in [2.05, 4.69) is 4.74 Å². The van der Waals surface area contributed by atoms with E-state index in [9.17, 15) is 4.79 Å². The maximum absolute atomic E-state index is 11.3. The molecule has 0 saturated heterocycles. The van der Waals surface area contributed by atoms with E-state index in [0.717, 1.165) is 5.69 Å². The standard InChI is InChI=1S/C10H14N2O2/c1-12(2)7-4-5-9(11)8(6-7)10(13)14-3/h4-6H,11H2,1-3H3. The summed E-state index contributed by atoms with van der Waals surface area (Å²) in [7, 11) is 5.13. The molecule has 76 valence electrons. The Labute approximate surface area is 83.3 Å². The first-order chi connectivity index (χ1) is 6.56. The van der Waals surface area contributed by atoms with Crippen LogP contribution in [-0.2, 0) is 4.74 Å². The fourth-order valence-corrected chi connectivity index (χ4v) is 1.11. The van der Waals surface area contributed by atoms with Crippen molar-refractivity contribution >= 4 is 17.3 Å². The summed E-state index contributed by atoms with van der Waals surface area (Å²) in [6, 6.07) is 5.25. The minimum absolute atomic E-state index is 0.402. The molecule has 0 amide bonds. The lowest BCUT2D eigenvalue weighted by atomic mass is 10.1. The van der Waals surface area contributed by atoms with Crippen molar-refractivity contribution in [3.8, 4) is 0 Å². The number of hydrogen-bond acceptors (Lipinski definition) is 4. The second-order valence-electron chi connectivity index (χ2n) is 3.16. The molecule has 0 aromatic heterocycles. The average molecular weight is 194 g/mol. The monoisotopic (exact) mass is 194 g/mol. The molecule has 14 heavy (non-hydrogen) atoms. The molecule has 0 spiro atoms. The Morgan fingerprint density at radius 2 is 2.07 bits per heavy atom. The predicted octanol–water partition coefficient (Wildman–Crippen LogP) is 1.12. The van der Waals surface area contributed by atoms with Gasteiger partial charge in [-0.25, -0.2) is 4.79 Å². The molecule has 2 N–H and O–H groups in total. The summed E-state index contributed by atoms with van der Waals surface area (Å²) in [4.78, 5) is 13.2. The average Bonchev–Trinajstić information content (AvgIpc) is 2.17. The summed E-state index contributed by atoms with van der Waals surface area (Å²) in [5.74, 6) is -0.411. The summed E-state index contributed by atoms with van der Waals surface area (Å²) >= 11 is 0. The molecular weight excluding hydrogens is 180 g/mol.